The van der Waals surface area contributed by atoms with Crippen molar-refractivity contribution in [1.82, 2.24) is 9.97 Å². The number of rotatable bonds is 10. The first kappa shape index (κ1) is 26.9. The minimum atomic E-state index is -5.43. The molecule has 196 valence electrons. The van der Waals surface area contributed by atoms with Gasteiger partial charge in [0.05, 0.1) is 23.8 Å². The van der Waals surface area contributed by atoms with E-state index in [-0.39, 0.29) is 19.4 Å². The molecule has 0 aliphatic rings. The molecule has 4 rings (SSSR count). The Morgan fingerprint density at radius 2 is 1.81 bits per heavy atom. The molecule has 7 nitrogen and oxygen atoms in total. The molecule has 0 saturated heterocycles. The summed E-state index contributed by atoms with van der Waals surface area (Å²) in [6.07, 6.45) is 2.65. The molecule has 0 aliphatic carbocycles. The van der Waals surface area contributed by atoms with Crippen molar-refractivity contribution in [3.63, 3.8) is 0 Å². The number of ether oxygens (including phenoxy) is 1. The van der Waals surface area contributed by atoms with E-state index >= 15 is 0 Å². The molecule has 0 saturated carbocycles. The lowest BCUT2D eigenvalue weighted by Gasteiger charge is -2.17. The Labute approximate surface area is 213 Å². The van der Waals surface area contributed by atoms with Crippen LogP contribution in [0.5, 0.6) is 5.75 Å². The average molecular weight is 530 g/mol. The minimum Gasteiger partial charge on any atom is -0.494 e. The number of nitrogens with zero attached hydrogens (tertiary/aromatic N) is 2. The second-order valence-corrected chi connectivity index (χ2v) is 11.0. The Bertz CT molecular complexity index is 1490. The Morgan fingerprint density at radius 3 is 2.54 bits per heavy atom. The van der Waals surface area contributed by atoms with Gasteiger partial charge in [0.2, 0.25) is 0 Å². The van der Waals surface area contributed by atoms with Crippen LogP contribution in [0.15, 0.2) is 48.7 Å². The van der Waals surface area contributed by atoms with Crippen molar-refractivity contribution >= 4 is 35.1 Å². The van der Waals surface area contributed by atoms with Gasteiger partial charge in [-0.15, -0.1) is 0 Å². The minimum absolute atomic E-state index is 0.0502. The summed E-state index contributed by atoms with van der Waals surface area (Å²) in [5.41, 5.74) is 8.83. The molecule has 37 heavy (non-hydrogen) atoms. The van der Waals surface area contributed by atoms with E-state index in [0.717, 1.165) is 57.0 Å². The molecule has 0 atom stereocenters. The molecule has 0 unspecified atom stereocenters. The first-order chi connectivity index (χ1) is 17.5. The van der Waals surface area contributed by atoms with Gasteiger partial charge < -0.3 is 20.3 Å². The van der Waals surface area contributed by atoms with Crippen LogP contribution in [0.25, 0.3) is 21.8 Å². The van der Waals surface area contributed by atoms with Gasteiger partial charge in [0.15, 0.2) is 0 Å². The Balaban J connectivity index is 1.35. The van der Waals surface area contributed by atoms with Crippen LogP contribution in [-0.2, 0) is 17.4 Å². The summed E-state index contributed by atoms with van der Waals surface area (Å²) in [4.78, 5) is 26.7. The highest BCUT2D eigenvalue weighted by Crippen LogP contribution is 2.55. The number of unbranched alkanes of at least 4 members (excludes halogenated alkanes) is 1. The highest BCUT2D eigenvalue weighted by atomic mass is 31.2. The number of anilines is 1. The quantitative estimate of drug-likeness (QED) is 0.0985. The van der Waals surface area contributed by atoms with Crippen LogP contribution >= 0.6 is 7.60 Å². The fourth-order valence-electron chi connectivity index (χ4n) is 4.33. The number of hydrogen-bond donors (Lipinski definition) is 3. The van der Waals surface area contributed by atoms with Crippen molar-refractivity contribution in [3.05, 3.63) is 71.0 Å². The highest BCUT2D eigenvalue weighted by Gasteiger charge is 2.47. The number of aromatic nitrogens is 2. The first-order valence-corrected chi connectivity index (χ1v) is 13.7. The molecule has 0 amide bonds. The van der Waals surface area contributed by atoms with Crippen LogP contribution in [0.1, 0.15) is 41.6 Å². The van der Waals surface area contributed by atoms with E-state index in [1.54, 1.807) is 6.20 Å². The fraction of sp³-hybridized carbons (Fsp3) is 0.333. The molecule has 4 aromatic rings. The van der Waals surface area contributed by atoms with Crippen molar-refractivity contribution in [2.75, 3.05) is 12.3 Å². The number of fused-ring (bicyclic) bond motifs is 3. The predicted octanol–water partition coefficient (Wildman–Crippen LogP) is 6.09. The van der Waals surface area contributed by atoms with Crippen molar-refractivity contribution in [2.45, 2.75) is 51.6 Å². The van der Waals surface area contributed by atoms with Crippen molar-refractivity contribution < 1.29 is 27.9 Å². The topological polar surface area (TPSA) is 119 Å². The second kappa shape index (κ2) is 10.7. The third-order valence-corrected chi connectivity index (χ3v) is 7.59. The van der Waals surface area contributed by atoms with Gasteiger partial charge in [-0.1, -0.05) is 18.2 Å². The lowest BCUT2D eigenvalue weighted by atomic mass is 10.0. The molecule has 0 spiro atoms. The van der Waals surface area contributed by atoms with Crippen molar-refractivity contribution in [1.29, 1.82) is 0 Å². The summed E-state index contributed by atoms with van der Waals surface area (Å²) in [5.74, 6) is 0.623. The number of nitrogens with two attached hydrogens (primary N) is 1. The second-order valence-electron chi connectivity index (χ2n) is 9.29. The molecule has 2 aromatic heterocycles. The van der Waals surface area contributed by atoms with Gasteiger partial charge in [0.25, 0.3) is 0 Å². The maximum atomic E-state index is 13.3. The van der Waals surface area contributed by atoms with Crippen LogP contribution in [0.3, 0.4) is 0 Å². The summed E-state index contributed by atoms with van der Waals surface area (Å²) in [5, 5.41) is 1.91. The maximum Gasteiger partial charge on any atom is 0.394 e. The number of halogens is 2. The summed E-state index contributed by atoms with van der Waals surface area (Å²) >= 11 is 0. The zero-order chi connectivity index (χ0) is 26.8. The monoisotopic (exact) mass is 529 g/mol. The lowest BCUT2D eigenvalue weighted by molar-refractivity contribution is 0.0468. The molecular weight excluding hydrogens is 499 g/mol. The number of alkyl halides is 2. The molecule has 0 radical (unpaired) electrons. The molecule has 2 aromatic carbocycles. The smallest absolute Gasteiger partial charge is 0.394 e. The molecule has 2 heterocycles. The highest BCUT2D eigenvalue weighted by molar-refractivity contribution is 7.53. The van der Waals surface area contributed by atoms with Gasteiger partial charge in [0.1, 0.15) is 5.75 Å². The van der Waals surface area contributed by atoms with E-state index in [2.05, 4.69) is 11.1 Å². The normalized spacial score (nSPS) is 12.4. The fourth-order valence-corrected chi connectivity index (χ4v) is 4.78. The van der Waals surface area contributed by atoms with Gasteiger partial charge in [-0.3, -0.25) is 14.5 Å². The van der Waals surface area contributed by atoms with E-state index in [9.17, 15) is 13.3 Å². The summed E-state index contributed by atoms with van der Waals surface area (Å²) in [6.45, 7) is 4.18. The zero-order valence-electron chi connectivity index (χ0n) is 20.7. The average Bonchev–Trinajstić information content (AvgIpc) is 2.84. The Kier molecular flexibility index (Phi) is 7.78. The summed E-state index contributed by atoms with van der Waals surface area (Å²) in [7, 11) is -5.43. The summed E-state index contributed by atoms with van der Waals surface area (Å²) < 4.78 is 43.1. The van der Waals surface area contributed by atoms with E-state index in [1.807, 2.05) is 50.2 Å². The standard InChI is InChI=1S/C27H30F2N3O4P/c1-17-5-12-23(30)25-22-11-9-20(32-24(22)16-31-26(17)25)8-6-19-7-10-21(15-18(19)2)36-14-4-3-13-27(28,29)37(33,34)35/h5,7,9-12,15-16H,3-4,6,8,13-14,30H2,1-2H3,(H2,33,34,35). The maximum absolute atomic E-state index is 13.3. The molecule has 10 heteroatoms. The first-order valence-electron chi connectivity index (χ1n) is 12.1. The van der Waals surface area contributed by atoms with Crippen LogP contribution in [0.2, 0.25) is 0 Å². The van der Waals surface area contributed by atoms with Gasteiger partial charge in [-0.25, -0.2) is 0 Å². The van der Waals surface area contributed by atoms with Gasteiger partial charge in [0, 0.05) is 28.6 Å². The largest absolute Gasteiger partial charge is 0.494 e. The van der Waals surface area contributed by atoms with Crippen molar-refractivity contribution in [2.24, 2.45) is 0 Å². The SMILES string of the molecule is Cc1cc(OCCCCC(F)(F)P(=O)(O)O)ccc1CCc1ccc2c(cnc3c(C)ccc(N)c32)n1. The third kappa shape index (κ3) is 6.06. The van der Waals surface area contributed by atoms with E-state index in [0.29, 0.717) is 11.4 Å². The van der Waals surface area contributed by atoms with Gasteiger partial charge >= 0.3 is 13.3 Å². The number of pyridine rings is 2. The molecule has 4 N–H and O–H groups in total. The molecule has 0 aliphatic heterocycles. The molecular formula is C27H30F2N3O4P. The number of aryl methyl sites for hydroxylation is 4. The summed E-state index contributed by atoms with van der Waals surface area (Å²) in [6, 6.07) is 13.6. The number of benzene rings is 2. The van der Waals surface area contributed by atoms with E-state index < -0.39 is 19.7 Å². The molecule has 0 bridgehead atoms. The molecule has 0 fully saturated rings. The lowest BCUT2D eigenvalue weighted by Crippen LogP contribution is -2.16. The van der Waals surface area contributed by atoms with Crippen molar-refractivity contribution in [3.8, 4) is 5.75 Å². The van der Waals surface area contributed by atoms with Crippen LogP contribution in [0, 0.1) is 13.8 Å². The van der Waals surface area contributed by atoms with Crippen LogP contribution in [-0.4, -0.2) is 32.0 Å². The zero-order valence-corrected chi connectivity index (χ0v) is 21.6. The van der Waals surface area contributed by atoms with Crippen LogP contribution < -0.4 is 10.5 Å². The Hall–Kier alpha value is -3.13. The van der Waals surface area contributed by atoms with E-state index in [4.69, 9.17) is 25.2 Å². The predicted molar refractivity (Wildman–Crippen MR) is 141 cm³/mol. The van der Waals surface area contributed by atoms with Gasteiger partial charge in [-0.2, -0.15) is 8.78 Å². The van der Waals surface area contributed by atoms with Gasteiger partial charge in [-0.05, 0) is 80.5 Å². The Morgan fingerprint density at radius 1 is 1.03 bits per heavy atom. The number of nitrogen functional groups attached to an aromatic ring is 1. The van der Waals surface area contributed by atoms with Crippen LogP contribution in [0.4, 0.5) is 14.5 Å². The number of hydrogen-bond acceptors (Lipinski definition) is 5. The van der Waals surface area contributed by atoms with E-state index in [1.165, 1.54) is 0 Å². The third-order valence-electron chi connectivity index (χ3n) is 6.51.